The molecule has 0 aliphatic carbocycles. The maximum atomic E-state index is 4.45. The number of hydrogen-bond acceptors (Lipinski definition) is 2. The van der Waals surface area contributed by atoms with Crippen LogP contribution in [0.3, 0.4) is 0 Å². The second-order valence-corrected chi connectivity index (χ2v) is 5.08. The minimum absolute atomic E-state index is 1.08. The number of rotatable bonds is 5. The zero-order valence-electron chi connectivity index (χ0n) is 10.3. The van der Waals surface area contributed by atoms with Crippen LogP contribution in [-0.4, -0.2) is 4.98 Å². The van der Waals surface area contributed by atoms with Gasteiger partial charge in [-0.2, -0.15) is 0 Å². The lowest BCUT2D eigenvalue weighted by molar-refractivity contribution is 0.970. The van der Waals surface area contributed by atoms with Gasteiger partial charge < -0.3 is 0 Å². The molecule has 0 N–H and O–H groups in total. The summed E-state index contributed by atoms with van der Waals surface area (Å²) in [6.45, 7) is 10.1. The number of nitrogens with zero attached hydrogens (tertiary/aromatic N) is 1. The molecular weight excluding hydrogens is 214 g/mol. The van der Waals surface area contributed by atoms with Crippen LogP contribution in [-0.2, 0) is 0 Å². The lowest BCUT2D eigenvalue weighted by Crippen LogP contribution is -1.84. The van der Waals surface area contributed by atoms with E-state index in [1.54, 1.807) is 11.3 Å². The summed E-state index contributed by atoms with van der Waals surface area (Å²) < 4.78 is 0. The maximum Gasteiger partial charge on any atom is 0.119 e. The number of thiazole rings is 1. The minimum atomic E-state index is 1.08. The quantitative estimate of drug-likeness (QED) is 0.668. The van der Waals surface area contributed by atoms with Gasteiger partial charge in [0.1, 0.15) is 5.01 Å². The average molecular weight is 233 g/mol. The van der Waals surface area contributed by atoms with E-state index in [1.165, 1.54) is 16.0 Å². The molecule has 2 heteroatoms. The van der Waals surface area contributed by atoms with Crippen molar-refractivity contribution >= 4 is 16.9 Å². The number of hydrogen-bond donors (Lipinski definition) is 0. The molecule has 1 rings (SSSR count). The molecule has 0 saturated carbocycles. The highest BCUT2D eigenvalue weighted by Crippen LogP contribution is 2.25. The van der Waals surface area contributed by atoms with E-state index in [0.29, 0.717) is 0 Å². The van der Waals surface area contributed by atoms with Crippen LogP contribution in [0.1, 0.15) is 36.6 Å². The Bertz CT molecular complexity index is 410. The van der Waals surface area contributed by atoms with Gasteiger partial charge in [-0.15, -0.1) is 11.3 Å². The van der Waals surface area contributed by atoms with Crippen LogP contribution >= 0.6 is 11.3 Å². The largest absolute Gasteiger partial charge is 0.245 e. The molecule has 0 radical (unpaired) electrons. The molecule has 16 heavy (non-hydrogen) atoms. The fraction of sp³-hybridized carbons (Fsp3) is 0.357. The van der Waals surface area contributed by atoms with Gasteiger partial charge in [-0.1, -0.05) is 43.7 Å². The van der Waals surface area contributed by atoms with Crippen molar-refractivity contribution < 1.29 is 0 Å². The van der Waals surface area contributed by atoms with Crippen molar-refractivity contribution in [2.45, 2.75) is 33.6 Å². The third-order valence-electron chi connectivity index (χ3n) is 2.20. The topological polar surface area (TPSA) is 12.9 Å². The van der Waals surface area contributed by atoms with Gasteiger partial charge in [-0.3, -0.25) is 0 Å². The summed E-state index contributed by atoms with van der Waals surface area (Å²) in [5.41, 5.74) is 2.56. The van der Waals surface area contributed by atoms with E-state index in [4.69, 9.17) is 0 Å². The molecule has 0 spiro atoms. The maximum absolute atomic E-state index is 4.45. The predicted molar refractivity (Wildman–Crippen MR) is 73.7 cm³/mol. The molecule has 1 aromatic heterocycles. The standard InChI is InChI=1S/C14H19NS/c1-5-7-11(3)9-13(8-6-2)14-15-10-12(4)16-14/h5,7,9-10H,1,6,8H2,2-4H3/b11-7-,13-9+. The third-order valence-corrected chi connectivity index (χ3v) is 3.19. The van der Waals surface area contributed by atoms with Gasteiger partial charge >= 0.3 is 0 Å². The summed E-state index contributed by atoms with van der Waals surface area (Å²) in [6, 6.07) is 0. The Hall–Kier alpha value is -1.15. The van der Waals surface area contributed by atoms with Crippen LogP contribution < -0.4 is 0 Å². The Morgan fingerprint density at radius 1 is 1.56 bits per heavy atom. The molecule has 0 bridgehead atoms. The van der Waals surface area contributed by atoms with Crippen LogP contribution in [0.5, 0.6) is 0 Å². The summed E-state index contributed by atoms with van der Waals surface area (Å²) in [5, 5.41) is 1.15. The molecule has 0 aliphatic rings. The van der Waals surface area contributed by atoms with E-state index >= 15 is 0 Å². The molecule has 0 fully saturated rings. The summed E-state index contributed by atoms with van der Waals surface area (Å²) >= 11 is 1.76. The van der Waals surface area contributed by atoms with Crippen LogP contribution in [0.25, 0.3) is 5.57 Å². The van der Waals surface area contributed by atoms with Crippen LogP contribution in [0.4, 0.5) is 0 Å². The number of allylic oxidation sites excluding steroid dienone is 5. The average Bonchev–Trinajstić information content (AvgIpc) is 2.64. The second kappa shape index (κ2) is 6.44. The van der Waals surface area contributed by atoms with E-state index in [2.05, 4.69) is 38.4 Å². The van der Waals surface area contributed by atoms with Gasteiger partial charge in [-0.05, 0) is 25.8 Å². The smallest absolute Gasteiger partial charge is 0.119 e. The van der Waals surface area contributed by atoms with Crippen molar-refractivity contribution in [1.82, 2.24) is 4.98 Å². The van der Waals surface area contributed by atoms with Crippen molar-refractivity contribution in [3.63, 3.8) is 0 Å². The van der Waals surface area contributed by atoms with E-state index in [-0.39, 0.29) is 0 Å². The Balaban J connectivity index is 2.99. The first-order chi connectivity index (χ1) is 7.67. The lowest BCUT2D eigenvalue weighted by Gasteiger charge is -2.02. The molecule has 86 valence electrons. The summed E-state index contributed by atoms with van der Waals surface area (Å²) in [5.74, 6) is 0. The van der Waals surface area contributed by atoms with E-state index in [0.717, 1.165) is 17.8 Å². The van der Waals surface area contributed by atoms with Crippen molar-refractivity contribution in [1.29, 1.82) is 0 Å². The number of aryl methyl sites for hydroxylation is 1. The van der Waals surface area contributed by atoms with Gasteiger partial charge in [0.2, 0.25) is 0 Å². The zero-order chi connectivity index (χ0) is 12.0. The first kappa shape index (κ1) is 12.9. The van der Waals surface area contributed by atoms with E-state index in [1.807, 2.05) is 18.3 Å². The van der Waals surface area contributed by atoms with Crippen molar-refractivity contribution in [3.8, 4) is 0 Å². The minimum Gasteiger partial charge on any atom is -0.245 e. The predicted octanol–water partition coefficient (Wildman–Crippen LogP) is 4.77. The lowest BCUT2D eigenvalue weighted by atomic mass is 10.1. The summed E-state index contributed by atoms with van der Waals surface area (Å²) in [4.78, 5) is 5.71. The third kappa shape index (κ3) is 3.78. The number of aromatic nitrogens is 1. The molecule has 0 amide bonds. The zero-order valence-corrected chi connectivity index (χ0v) is 11.1. The van der Waals surface area contributed by atoms with Crippen LogP contribution in [0, 0.1) is 6.92 Å². The molecule has 0 aromatic carbocycles. The normalized spacial score (nSPS) is 12.9. The Labute approximate surface area is 102 Å². The summed E-state index contributed by atoms with van der Waals surface area (Å²) in [6.07, 6.45) is 10.2. The fourth-order valence-corrected chi connectivity index (χ4v) is 2.33. The van der Waals surface area contributed by atoms with Gasteiger partial charge in [0.25, 0.3) is 0 Å². The first-order valence-corrected chi connectivity index (χ1v) is 6.41. The van der Waals surface area contributed by atoms with Gasteiger partial charge in [0, 0.05) is 11.1 Å². The van der Waals surface area contributed by atoms with Gasteiger partial charge in [-0.25, -0.2) is 4.98 Å². The monoisotopic (exact) mass is 233 g/mol. The SMILES string of the molecule is C=C/C=C(C)\C=C(/CCC)c1ncc(C)s1. The molecule has 0 saturated heterocycles. The van der Waals surface area contributed by atoms with Gasteiger partial charge in [0.15, 0.2) is 0 Å². The Morgan fingerprint density at radius 3 is 2.81 bits per heavy atom. The van der Waals surface area contributed by atoms with E-state index < -0.39 is 0 Å². The first-order valence-electron chi connectivity index (χ1n) is 5.60. The Kier molecular flexibility index (Phi) is 5.20. The summed E-state index contributed by atoms with van der Waals surface area (Å²) in [7, 11) is 0. The van der Waals surface area contributed by atoms with Crippen molar-refractivity contribution in [2.75, 3.05) is 0 Å². The highest BCUT2D eigenvalue weighted by Gasteiger charge is 2.05. The van der Waals surface area contributed by atoms with Crippen LogP contribution in [0.15, 0.2) is 36.6 Å². The van der Waals surface area contributed by atoms with Crippen molar-refractivity contribution in [3.05, 3.63) is 46.5 Å². The van der Waals surface area contributed by atoms with Crippen LogP contribution in [0.2, 0.25) is 0 Å². The molecule has 0 aliphatic heterocycles. The molecular formula is C14H19NS. The van der Waals surface area contributed by atoms with Crippen molar-refractivity contribution in [2.24, 2.45) is 0 Å². The molecule has 0 unspecified atom stereocenters. The highest BCUT2D eigenvalue weighted by atomic mass is 32.1. The molecule has 1 heterocycles. The fourth-order valence-electron chi connectivity index (χ4n) is 1.52. The van der Waals surface area contributed by atoms with Gasteiger partial charge in [0.05, 0.1) is 0 Å². The Morgan fingerprint density at radius 2 is 2.31 bits per heavy atom. The highest BCUT2D eigenvalue weighted by molar-refractivity contribution is 7.12. The molecule has 1 nitrogen and oxygen atoms in total. The molecule has 1 aromatic rings. The second-order valence-electron chi connectivity index (χ2n) is 3.84. The molecule has 0 atom stereocenters. The van der Waals surface area contributed by atoms with E-state index in [9.17, 15) is 0 Å².